The molecule has 4 heteroatoms. The van der Waals surface area contributed by atoms with Crippen molar-refractivity contribution in [3.63, 3.8) is 0 Å². The zero-order valence-corrected chi connectivity index (χ0v) is 10.7. The van der Waals surface area contributed by atoms with Gasteiger partial charge >= 0.3 is 0 Å². The summed E-state index contributed by atoms with van der Waals surface area (Å²) in [5.41, 5.74) is 7.46. The molecule has 3 aromatic carbocycles. The number of benzene rings is 3. The minimum Gasteiger partial charge on any atom is -0.506 e. The van der Waals surface area contributed by atoms with Gasteiger partial charge < -0.3 is 10.8 Å². The van der Waals surface area contributed by atoms with Crippen molar-refractivity contribution in [1.82, 2.24) is 0 Å². The highest BCUT2D eigenvalue weighted by Gasteiger charge is 2.05. The van der Waals surface area contributed by atoms with Crippen molar-refractivity contribution in [2.24, 2.45) is 10.2 Å². The number of nitrogens with two attached hydrogens (primary N) is 1. The Morgan fingerprint density at radius 2 is 1.55 bits per heavy atom. The Morgan fingerprint density at radius 3 is 2.35 bits per heavy atom. The molecular weight excluding hydrogens is 250 g/mol. The van der Waals surface area contributed by atoms with Gasteiger partial charge in [0.05, 0.1) is 5.69 Å². The largest absolute Gasteiger partial charge is 0.506 e. The summed E-state index contributed by atoms with van der Waals surface area (Å²) in [5.74, 6) is 0.114. The molecule has 0 aliphatic rings. The molecular formula is C16H13N3O. The molecule has 98 valence electrons. The maximum Gasteiger partial charge on any atom is 0.143 e. The molecule has 3 aromatic rings. The fourth-order valence-electron chi connectivity index (χ4n) is 2.00. The van der Waals surface area contributed by atoms with Crippen molar-refractivity contribution < 1.29 is 5.11 Å². The van der Waals surface area contributed by atoms with Crippen LogP contribution in [-0.2, 0) is 0 Å². The number of hydrogen-bond acceptors (Lipinski definition) is 4. The van der Waals surface area contributed by atoms with Crippen molar-refractivity contribution in [3.05, 3.63) is 60.7 Å². The highest BCUT2D eigenvalue weighted by Crippen LogP contribution is 2.35. The van der Waals surface area contributed by atoms with Crippen LogP contribution in [0.15, 0.2) is 70.9 Å². The van der Waals surface area contributed by atoms with E-state index in [4.69, 9.17) is 5.73 Å². The van der Waals surface area contributed by atoms with E-state index in [1.807, 2.05) is 30.3 Å². The van der Waals surface area contributed by atoms with Gasteiger partial charge in [-0.05, 0) is 35.7 Å². The lowest BCUT2D eigenvalue weighted by molar-refractivity contribution is 0.477. The van der Waals surface area contributed by atoms with Crippen LogP contribution < -0.4 is 5.73 Å². The number of fused-ring (bicyclic) bond motifs is 1. The summed E-state index contributed by atoms with van der Waals surface area (Å²) in [5, 5.41) is 20.1. The van der Waals surface area contributed by atoms with Crippen LogP contribution >= 0.6 is 0 Å². The second kappa shape index (κ2) is 5.01. The van der Waals surface area contributed by atoms with Gasteiger partial charge in [0.2, 0.25) is 0 Å². The fourth-order valence-corrected chi connectivity index (χ4v) is 2.00. The van der Waals surface area contributed by atoms with Crippen molar-refractivity contribution in [2.75, 3.05) is 5.73 Å². The predicted molar refractivity (Wildman–Crippen MR) is 80.6 cm³/mol. The number of nitrogen functional groups attached to an aromatic ring is 1. The van der Waals surface area contributed by atoms with Gasteiger partial charge in [-0.1, -0.05) is 30.3 Å². The first kappa shape index (κ1) is 12.2. The van der Waals surface area contributed by atoms with E-state index in [1.54, 1.807) is 30.3 Å². The summed E-state index contributed by atoms with van der Waals surface area (Å²) in [6, 6.07) is 18.3. The maximum absolute atomic E-state index is 9.96. The third-order valence-electron chi connectivity index (χ3n) is 3.04. The normalized spacial score (nSPS) is 11.2. The number of rotatable bonds is 2. The zero-order valence-electron chi connectivity index (χ0n) is 10.7. The van der Waals surface area contributed by atoms with E-state index in [-0.39, 0.29) is 5.75 Å². The van der Waals surface area contributed by atoms with E-state index in [0.29, 0.717) is 17.1 Å². The average molecular weight is 263 g/mol. The summed E-state index contributed by atoms with van der Waals surface area (Å²) in [7, 11) is 0. The number of azo groups is 1. The van der Waals surface area contributed by atoms with Crippen molar-refractivity contribution in [1.29, 1.82) is 0 Å². The molecule has 0 aliphatic carbocycles. The topological polar surface area (TPSA) is 71.0 Å². The molecule has 0 saturated carbocycles. The van der Waals surface area contributed by atoms with Crippen LogP contribution in [0.1, 0.15) is 0 Å². The van der Waals surface area contributed by atoms with E-state index in [9.17, 15) is 5.11 Å². The van der Waals surface area contributed by atoms with Gasteiger partial charge in [0.1, 0.15) is 11.4 Å². The average Bonchev–Trinajstić information content (AvgIpc) is 2.48. The number of phenolic OH excluding ortho intramolecular Hbond substituents is 1. The van der Waals surface area contributed by atoms with Crippen LogP contribution in [0, 0.1) is 0 Å². The molecule has 0 unspecified atom stereocenters. The third kappa shape index (κ3) is 2.31. The molecule has 0 atom stereocenters. The quantitative estimate of drug-likeness (QED) is 0.526. The molecule has 3 rings (SSSR count). The molecule has 0 saturated heterocycles. The molecule has 0 heterocycles. The molecule has 0 aliphatic heterocycles. The molecule has 0 radical (unpaired) electrons. The van der Waals surface area contributed by atoms with Crippen LogP contribution in [0.5, 0.6) is 5.75 Å². The Morgan fingerprint density at radius 1 is 0.800 bits per heavy atom. The van der Waals surface area contributed by atoms with Gasteiger partial charge in [0.15, 0.2) is 0 Å². The number of anilines is 1. The SMILES string of the molecule is Nc1ccc(N=Nc2c(O)ccc3ccccc23)cc1. The zero-order chi connectivity index (χ0) is 13.9. The lowest BCUT2D eigenvalue weighted by Crippen LogP contribution is -1.80. The second-order valence-electron chi connectivity index (χ2n) is 4.45. The minimum absolute atomic E-state index is 0.114. The molecule has 20 heavy (non-hydrogen) atoms. The van der Waals surface area contributed by atoms with Gasteiger partial charge in [0, 0.05) is 11.1 Å². The molecule has 0 aromatic heterocycles. The van der Waals surface area contributed by atoms with Crippen LogP contribution in [0.3, 0.4) is 0 Å². The Labute approximate surface area is 116 Å². The summed E-state index contributed by atoms with van der Waals surface area (Å²) in [4.78, 5) is 0. The summed E-state index contributed by atoms with van der Waals surface area (Å²) in [6.45, 7) is 0. The van der Waals surface area contributed by atoms with Crippen molar-refractivity contribution >= 4 is 27.8 Å². The van der Waals surface area contributed by atoms with Gasteiger partial charge in [-0.2, -0.15) is 5.11 Å². The Kier molecular flexibility index (Phi) is 3.05. The molecule has 3 N–H and O–H groups in total. The lowest BCUT2D eigenvalue weighted by atomic mass is 10.1. The van der Waals surface area contributed by atoms with Crippen molar-refractivity contribution in [2.45, 2.75) is 0 Å². The van der Waals surface area contributed by atoms with Crippen LogP contribution in [0.25, 0.3) is 10.8 Å². The van der Waals surface area contributed by atoms with Crippen molar-refractivity contribution in [3.8, 4) is 5.75 Å². The third-order valence-corrected chi connectivity index (χ3v) is 3.04. The summed E-state index contributed by atoms with van der Waals surface area (Å²) < 4.78 is 0. The molecule has 0 spiro atoms. The summed E-state index contributed by atoms with van der Waals surface area (Å²) in [6.07, 6.45) is 0. The fraction of sp³-hybridized carbons (Fsp3) is 0. The number of nitrogens with zero attached hydrogens (tertiary/aromatic N) is 2. The highest BCUT2D eigenvalue weighted by molar-refractivity contribution is 5.95. The molecule has 0 amide bonds. The lowest BCUT2D eigenvalue weighted by Gasteiger charge is -2.03. The number of hydrogen-bond donors (Lipinski definition) is 2. The van der Waals surface area contributed by atoms with E-state index >= 15 is 0 Å². The Hall–Kier alpha value is -2.88. The van der Waals surface area contributed by atoms with Crippen LogP contribution in [-0.4, -0.2) is 5.11 Å². The smallest absolute Gasteiger partial charge is 0.143 e. The van der Waals surface area contributed by atoms with Crippen LogP contribution in [0.4, 0.5) is 17.1 Å². The first-order valence-corrected chi connectivity index (χ1v) is 6.22. The standard InChI is InChI=1S/C16H13N3O/c17-12-6-8-13(9-7-12)18-19-16-14-4-2-1-3-11(14)5-10-15(16)20/h1-10,20H,17H2. The Balaban J connectivity index is 2.06. The monoisotopic (exact) mass is 263 g/mol. The molecule has 0 bridgehead atoms. The number of aromatic hydroxyl groups is 1. The predicted octanol–water partition coefficient (Wildman–Crippen LogP) is 4.54. The molecule has 4 nitrogen and oxygen atoms in total. The molecule has 0 fully saturated rings. The first-order valence-electron chi connectivity index (χ1n) is 6.22. The van der Waals surface area contributed by atoms with Crippen LogP contribution in [0.2, 0.25) is 0 Å². The number of phenols is 1. The first-order chi connectivity index (χ1) is 9.74. The van der Waals surface area contributed by atoms with Gasteiger partial charge in [-0.25, -0.2) is 0 Å². The summed E-state index contributed by atoms with van der Waals surface area (Å²) >= 11 is 0. The van der Waals surface area contributed by atoms with E-state index in [2.05, 4.69) is 10.2 Å². The minimum atomic E-state index is 0.114. The highest BCUT2D eigenvalue weighted by atomic mass is 16.3. The van der Waals surface area contributed by atoms with Gasteiger partial charge in [-0.3, -0.25) is 0 Å². The van der Waals surface area contributed by atoms with Gasteiger partial charge in [0.25, 0.3) is 0 Å². The van der Waals surface area contributed by atoms with Gasteiger partial charge in [-0.15, -0.1) is 5.11 Å². The van der Waals surface area contributed by atoms with E-state index < -0.39 is 0 Å². The Bertz CT molecular complexity index is 779. The second-order valence-corrected chi connectivity index (χ2v) is 4.45. The maximum atomic E-state index is 9.96. The van der Waals surface area contributed by atoms with E-state index in [1.165, 1.54) is 0 Å². The van der Waals surface area contributed by atoms with E-state index in [0.717, 1.165) is 10.8 Å².